The van der Waals surface area contributed by atoms with Crippen LogP contribution in [0.3, 0.4) is 0 Å². The van der Waals surface area contributed by atoms with Gasteiger partial charge in [-0.3, -0.25) is 0 Å². The van der Waals surface area contributed by atoms with Gasteiger partial charge in [0.05, 0.1) is 0 Å². The molecular weight excluding hydrogens is 214 g/mol. The Labute approximate surface area is 82.1 Å². The van der Waals surface area contributed by atoms with Crippen molar-refractivity contribution in [2.75, 3.05) is 5.73 Å². The van der Waals surface area contributed by atoms with E-state index in [1.807, 2.05) is 6.07 Å². The van der Waals surface area contributed by atoms with Crippen molar-refractivity contribution >= 4 is 21.6 Å². The summed E-state index contributed by atoms with van der Waals surface area (Å²) in [7, 11) is 0. The van der Waals surface area contributed by atoms with E-state index in [0.717, 1.165) is 10.2 Å². The monoisotopic (exact) mass is 227 g/mol. The molecule has 0 atom stereocenters. The van der Waals surface area contributed by atoms with E-state index in [4.69, 9.17) is 5.73 Å². The number of halogens is 1. The first-order valence-corrected chi connectivity index (χ1v) is 4.87. The van der Waals surface area contributed by atoms with E-state index >= 15 is 0 Å². The molecule has 0 saturated heterocycles. The Morgan fingerprint density at radius 2 is 1.92 bits per heavy atom. The minimum atomic E-state index is 0.557. The van der Waals surface area contributed by atoms with Crippen LogP contribution < -0.4 is 5.73 Å². The lowest BCUT2D eigenvalue weighted by Crippen LogP contribution is -1.96. The Kier molecular flexibility index (Phi) is 2.78. The summed E-state index contributed by atoms with van der Waals surface area (Å²) >= 11 is 3.47. The number of anilines is 1. The SMILES string of the molecule is Cc1c(C(C)C)ccc(N)c1Br. The zero-order valence-corrected chi connectivity index (χ0v) is 9.27. The molecule has 66 valence electrons. The highest BCUT2D eigenvalue weighted by Gasteiger charge is 2.07. The number of rotatable bonds is 1. The molecule has 0 amide bonds. The molecule has 0 fully saturated rings. The highest BCUT2D eigenvalue weighted by Crippen LogP contribution is 2.29. The Hall–Kier alpha value is -0.500. The number of benzene rings is 1. The Morgan fingerprint density at radius 1 is 1.33 bits per heavy atom. The van der Waals surface area contributed by atoms with E-state index < -0.39 is 0 Å². The Balaban J connectivity index is 3.27. The van der Waals surface area contributed by atoms with Crippen LogP contribution in [0.4, 0.5) is 5.69 Å². The second-order valence-corrected chi connectivity index (χ2v) is 4.13. The van der Waals surface area contributed by atoms with Crippen LogP contribution in [-0.2, 0) is 0 Å². The van der Waals surface area contributed by atoms with Crippen molar-refractivity contribution in [3.8, 4) is 0 Å². The molecule has 1 aromatic carbocycles. The zero-order valence-electron chi connectivity index (χ0n) is 7.69. The molecule has 0 heterocycles. The first-order chi connectivity index (χ1) is 5.54. The van der Waals surface area contributed by atoms with Gasteiger partial charge in [0, 0.05) is 10.2 Å². The molecule has 0 aliphatic rings. The van der Waals surface area contributed by atoms with Gasteiger partial charge in [-0.15, -0.1) is 0 Å². The summed E-state index contributed by atoms with van der Waals surface area (Å²) in [5.74, 6) is 0.557. The summed E-state index contributed by atoms with van der Waals surface area (Å²) in [6, 6.07) is 4.05. The van der Waals surface area contributed by atoms with E-state index in [-0.39, 0.29) is 0 Å². The molecule has 0 bridgehead atoms. The van der Waals surface area contributed by atoms with Gasteiger partial charge in [-0.1, -0.05) is 19.9 Å². The van der Waals surface area contributed by atoms with Gasteiger partial charge in [0.15, 0.2) is 0 Å². The van der Waals surface area contributed by atoms with Gasteiger partial charge in [0.1, 0.15) is 0 Å². The van der Waals surface area contributed by atoms with Crippen molar-refractivity contribution in [3.05, 3.63) is 27.7 Å². The van der Waals surface area contributed by atoms with Crippen LogP contribution in [0.1, 0.15) is 30.9 Å². The average Bonchev–Trinajstić information content (AvgIpc) is 2.00. The number of hydrogen-bond donors (Lipinski definition) is 1. The molecule has 0 aromatic heterocycles. The summed E-state index contributed by atoms with van der Waals surface area (Å²) in [5, 5.41) is 0. The van der Waals surface area contributed by atoms with Gasteiger partial charge >= 0.3 is 0 Å². The van der Waals surface area contributed by atoms with Crippen molar-refractivity contribution in [1.82, 2.24) is 0 Å². The van der Waals surface area contributed by atoms with E-state index in [2.05, 4.69) is 42.8 Å². The molecule has 1 rings (SSSR count). The van der Waals surface area contributed by atoms with Gasteiger partial charge in [0.2, 0.25) is 0 Å². The predicted molar refractivity (Wildman–Crippen MR) is 57.4 cm³/mol. The van der Waals surface area contributed by atoms with Crippen molar-refractivity contribution in [2.24, 2.45) is 0 Å². The van der Waals surface area contributed by atoms with Gasteiger partial charge in [-0.05, 0) is 46.0 Å². The van der Waals surface area contributed by atoms with Crippen LogP contribution in [0.5, 0.6) is 0 Å². The average molecular weight is 228 g/mol. The van der Waals surface area contributed by atoms with Crippen molar-refractivity contribution in [3.63, 3.8) is 0 Å². The van der Waals surface area contributed by atoms with Crippen LogP contribution in [0, 0.1) is 6.92 Å². The van der Waals surface area contributed by atoms with Gasteiger partial charge in [-0.2, -0.15) is 0 Å². The number of nitrogen functional groups attached to an aromatic ring is 1. The predicted octanol–water partition coefficient (Wildman–Crippen LogP) is 3.46. The second-order valence-electron chi connectivity index (χ2n) is 3.34. The fraction of sp³-hybridized carbons (Fsp3) is 0.400. The molecule has 0 aliphatic heterocycles. The minimum absolute atomic E-state index is 0.557. The van der Waals surface area contributed by atoms with E-state index in [1.165, 1.54) is 11.1 Å². The van der Waals surface area contributed by atoms with Crippen LogP contribution in [-0.4, -0.2) is 0 Å². The molecule has 1 nitrogen and oxygen atoms in total. The molecular formula is C10H14BrN. The van der Waals surface area contributed by atoms with Crippen LogP contribution in [0.2, 0.25) is 0 Å². The molecule has 0 unspecified atom stereocenters. The lowest BCUT2D eigenvalue weighted by Gasteiger charge is -2.12. The van der Waals surface area contributed by atoms with Crippen LogP contribution >= 0.6 is 15.9 Å². The van der Waals surface area contributed by atoms with Crippen molar-refractivity contribution in [1.29, 1.82) is 0 Å². The summed E-state index contributed by atoms with van der Waals surface area (Å²) < 4.78 is 1.04. The summed E-state index contributed by atoms with van der Waals surface area (Å²) in [5.41, 5.74) is 9.17. The zero-order chi connectivity index (χ0) is 9.30. The fourth-order valence-corrected chi connectivity index (χ4v) is 1.71. The second kappa shape index (κ2) is 3.48. The highest BCUT2D eigenvalue weighted by atomic mass is 79.9. The molecule has 0 saturated carbocycles. The molecule has 2 heteroatoms. The maximum absolute atomic E-state index is 5.74. The lowest BCUT2D eigenvalue weighted by atomic mass is 9.98. The van der Waals surface area contributed by atoms with E-state index in [0.29, 0.717) is 5.92 Å². The maximum atomic E-state index is 5.74. The molecule has 0 spiro atoms. The van der Waals surface area contributed by atoms with Crippen LogP contribution in [0.15, 0.2) is 16.6 Å². The lowest BCUT2D eigenvalue weighted by molar-refractivity contribution is 0.855. The Bertz CT molecular complexity index is 292. The third kappa shape index (κ3) is 1.63. The molecule has 2 N–H and O–H groups in total. The normalized spacial score (nSPS) is 10.8. The van der Waals surface area contributed by atoms with Crippen molar-refractivity contribution in [2.45, 2.75) is 26.7 Å². The quantitative estimate of drug-likeness (QED) is 0.732. The molecule has 0 aliphatic carbocycles. The third-order valence-corrected chi connectivity index (χ3v) is 3.13. The van der Waals surface area contributed by atoms with Gasteiger partial charge < -0.3 is 5.73 Å². The van der Waals surface area contributed by atoms with E-state index in [1.54, 1.807) is 0 Å². The fourth-order valence-electron chi connectivity index (χ4n) is 1.35. The smallest absolute Gasteiger partial charge is 0.0461 e. The third-order valence-electron chi connectivity index (χ3n) is 2.08. The number of nitrogens with two attached hydrogens (primary N) is 1. The standard InChI is InChI=1S/C10H14BrN/c1-6(2)8-4-5-9(12)10(11)7(8)3/h4-6H,12H2,1-3H3. The largest absolute Gasteiger partial charge is 0.398 e. The molecule has 0 radical (unpaired) electrons. The maximum Gasteiger partial charge on any atom is 0.0461 e. The minimum Gasteiger partial charge on any atom is -0.398 e. The summed E-state index contributed by atoms with van der Waals surface area (Å²) in [6.45, 7) is 6.46. The summed E-state index contributed by atoms with van der Waals surface area (Å²) in [4.78, 5) is 0. The highest BCUT2D eigenvalue weighted by molar-refractivity contribution is 9.10. The number of hydrogen-bond acceptors (Lipinski definition) is 1. The van der Waals surface area contributed by atoms with E-state index in [9.17, 15) is 0 Å². The Morgan fingerprint density at radius 3 is 2.42 bits per heavy atom. The topological polar surface area (TPSA) is 26.0 Å². The van der Waals surface area contributed by atoms with Gasteiger partial charge in [-0.25, -0.2) is 0 Å². The van der Waals surface area contributed by atoms with Crippen molar-refractivity contribution < 1.29 is 0 Å². The van der Waals surface area contributed by atoms with Gasteiger partial charge in [0.25, 0.3) is 0 Å². The molecule has 12 heavy (non-hydrogen) atoms. The summed E-state index contributed by atoms with van der Waals surface area (Å²) in [6.07, 6.45) is 0. The first-order valence-electron chi connectivity index (χ1n) is 4.08. The first kappa shape index (κ1) is 9.59. The molecule has 1 aromatic rings. The van der Waals surface area contributed by atoms with Crippen LogP contribution in [0.25, 0.3) is 0 Å².